The molecule has 0 aromatic rings. The van der Waals surface area contributed by atoms with E-state index in [4.69, 9.17) is 0 Å². The third-order valence-corrected chi connectivity index (χ3v) is 9.29. The Bertz CT molecular complexity index is 472. The highest BCUT2D eigenvalue weighted by Gasteiger charge is 2.60. The molecular weight excluding hydrogens is 284 g/mol. The van der Waals surface area contributed by atoms with Gasteiger partial charge in [0.25, 0.3) is 0 Å². The van der Waals surface area contributed by atoms with Gasteiger partial charge in [-0.1, -0.05) is 20.3 Å². The second-order valence-corrected chi connectivity index (χ2v) is 10.4. The van der Waals surface area contributed by atoms with Crippen LogP contribution < -0.4 is 0 Å². The van der Waals surface area contributed by atoms with Crippen molar-refractivity contribution in [2.24, 2.45) is 40.4 Å². The molecule has 0 aromatic carbocycles. The fourth-order valence-electron chi connectivity index (χ4n) is 7.86. The second kappa shape index (κ2) is 5.21. The van der Waals surface area contributed by atoms with E-state index in [2.05, 4.69) is 13.8 Å². The van der Waals surface area contributed by atoms with Crippen LogP contribution in [0.4, 0.5) is 0 Å². The Morgan fingerprint density at radius 2 is 1.70 bits per heavy atom. The Morgan fingerprint density at radius 3 is 2.43 bits per heavy atom. The van der Waals surface area contributed by atoms with Crippen LogP contribution in [0, 0.1) is 40.4 Å². The van der Waals surface area contributed by atoms with Crippen LogP contribution in [0.1, 0.15) is 78.6 Å². The molecule has 2 heteroatoms. The molecule has 4 saturated carbocycles. The van der Waals surface area contributed by atoms with Gasteiger partial charge in [0.2, 0.25) is 0 Å². The number of aliphatic hydroxyl groups excluding tert-OH is 1. The van der Waals surface area contributed by atoms with Crippen LogP contribution in [-0.2, 0) is 0 Å². The van der Waals surface area contributed by atoms with Crippen molar-refractivity contribution in [2.75, 3.05) is 6.61 Å². The summed E-state index contributed by atoms with van der Waals surface area (Å²) in [5.41, 5.74) is 0.311. The fourth-order valence-corrected chi connectivity index (χ4v) is 7.86. The van der Waals surface area contributed by atoms with Gasteiger partial charge in [-0.2, -0.15) is 0 Å². The van der Waals surface area contributed by atoms with E-state index < -0.39 is 5.60 Å². The second-order valence-electron chi connectivity index (χ2n) is 10.4. The van der Waals surface area contributed by atoms with Gasteiger partial charge < -0.3 is 10.2 Å². The lowest BCUT2D eigenvalue weighted by Crippen LogP contribution is -2.58. The zero-order valence-corrected chi connectivity index (χ0v) is 15.4. The highest BCUT2D eigenvalue weighted by Crippen LogP contribution is 2.67. The number of fused-ring (bicyclic) bond motifs is 5. The van der Waals surface area contributed by atoms with Crippen molar-refractivity contribution in [1.82, 2.24) is 0 Å². The molecule has 0 aliphatic heterocycles. The first kappa shape index (κ1) is 16.4. The normalized spacial score (nSPS) is 59.1. The van der Waals surface area contributed by atoms with Gasteiger partial charge in [0.1, 0.15) is 0 Å². The molecule has 0 aromatic heterocycles. The summed E-state index contributed by atoms with van der Waals surface area (Å²) in [6, 6.07) is 0. The smallest absolute Gasteiger partial charge is 0.0672 e. The van der Waals surface area contributed by atoms with Gasteiger partial charge in [-0.05, 0) is 92.8 Å². The lowest BCUT2D eigenvalue weighted by molar-refractivity contribution is -0.173. The molecule has 132 valence electrons. The van der Waals surface area contributed by atoms with E-state index in [-0.39, 0.29) is 12.5 Å². The molecule has 8 atom stereocenters. The fraction of sp³-hybridized carbons (Fsp3) is 1.00. The average molecular weight is 321 g/mol. The summed E-state index contributed by atoms with van der Waals surface area (Å²) >= 11 is 0. The van der Waals surface area contributed by atoms with Crippen LogP contribution in [0.25, 0.3) is 0 Å². The van der Waals surface area contributed by atoms with E-state index >= 15 is 0 Å². The molecular formula is C21H36O2. The van der Waals surface area contributed by atoms with E-state index in [1.165, 1.54) is 44.9 Å². The molecule has 0 bridgehead atoms. The standard InChI is InChI=1S/C21H36O2/c1-19-9-4-5-17(19)16-7-6-14-12-21(3,23)15(13-22)11-20(14,2)18(16)8-10-19/h14-18,22-23H,4-13H2,1-3H3/t14?,15?,16-,17-,18+,19-,20-,21?/m0/s1. The van der Waals surface area contributed by atoms with Crippen LogP contribution in [0.3, 0.4) is 0 Å². The quantitative estimate of drug-likeness (QED) is 0.752. The molecule has 4 aliphatic rings. The van der Waals surface area contributed by atoms with Gasteiger partial charge in [-0.25, -0.2) is 0 Å². The zero-order chi connectivity index (χ0) is 16.5. The maximum atomic E-state index is 10.8. The molecule has 0 spiro atoms. The predicted octanol–water partition coefficient (Wildman–Crippen LogP) is 4.39. The molecule has 4 rings (SSSR count). The summed E-state index contributed by atoms with van der Waals surface area (Å²) in [5, 5.41) is 20.7. The van der Waals surface area contributed by atoms with Crippen molar-refractivity contribution in [3.8, 4) is 0 Å². The Hall–Kier alpha value is -0.0800. The molecule has 0 heterocycles. The van der Waals surface area contributed by atoms with Crippen molar-refractivity contribution in [1.29, 1.82) is 0 Å². The summed E-state index contributed by atoms with van der Waals surface area (Å²) in [6.45, 7) is 7.20. The summed E-state index contributed by atoms with van der Waals surface area (Å²) in [6.07, 6.45) is 11.8. The number of aliphatic hydroxyl groups is 2. The van der Waals surface area contributed by atoms with Crippen LogP contribution in [-0.4, -0.2) is 22.4 Å². The molecule has 2 N–H and O–H groups in total. The molecule has 4 aliphatic carbocycles. The third kappa shape index (κ3) is 2.27. The van der Waals surface area contributed by atoms with Gasteiger partial charge in [-0.15, -0.1) is 0 Å². The van der Waals surface area contributed by atoms with Crippen molar-refractivity contribution >= 4 is 0 Å². The Kier molecular flexibility index (Phi) is 3.71. The summed E-state index contributed by atoms with van der Waals surface area (Å²) in [4.78, 5) is 0. The van der Waals surface area contributed by atoms with E-state index in [1.807, 2.05) is 6.92 Å². The van der Waals surface area contributed by atoms with E-state index in [1.54, 1.807) is 0 Å². The monoisotopic (exact) mass is 320 g/mol. The first-order chi connectivity index (χ1) is 10.8. The topological polar surface area (TPSA) is 40.5 Å². The molecule has 23 heavy (non-hydrogen) atoms. The molecule has 0 amide bonds. The number of rotatable bonds is 1. The lowest BCUT2D eigenvalue weighted by atomic mass is 9.43. The average Bonchev–Trinajstić information content (AvgIpc) is 2.88. The van der Waals surface area contributed by atoms with E-state index in [0.717, 1.165) is 30.6 Å². The largest absolute Gasteiger partial charge is 0.396 e. The highest BCUT2D eigenvalue weighted by molar-refractivity contribution is 5.10. The van der Waals surface area contributed by atoms with Gasteiger partial charge in [0, 0.05) is 12.5 Å². The van der Waals surface area contributed by atoms with Gasteiger partial charge in [-0.3, -0.25) is 0 Å². The van der Waals surface area contributed by atoms with Crippen LogP contribution in [0.5, 0.6) is 0 Å². The SMILES string of the molecule is CC1(O)CC2CC[C@@H]3[C@@H](CC[C@]4(C)CCC[C@@H]34)[C@@]2(C)CC1CO. The van der Waals surface area contributed by atoms with Gasteiger partial charge in [0.15, 0.2) is 0 Å². The predicted molar refractivity (Wildman–Crippen MR) is 92.9 cm³/mol. The number of hydrogen-bond acceptors (Lipinski definition) is 2. The van der Waals surface area contributed by atoms with Crippen molar-refractivity contribution in [3.63, 3.8) is 0 Å². The first-order valence-electron chi connectivity index (χ1n) is 10.1. The van der Waals surface area contributed by atoms with Gasteiger partial charge in [0.05, 0.1) is 5.60 Å². The minimum Gasteiger partial charge on any atom is -0.396 e. The molecule has 3 unspecified atom stereocenters. The molecule has 2 nitrogen and oxygen atoms in total. The third-order valence-electron chi connectivity index (χ3n) is 9.29. The van der Waals surface area contributed by atoms with E-state index in [0.29, 0.717) is 16.7 Å². The Balaban J connectivity index is 1.63. The van der Waals surface area contributed by atoms with Crippen molar-refractivity contribution < 1.29 is 10.2 Å². The maximum absolute atomic E-state index is 10.8. The summed E-state index contributed by atoms with van der Waals surface area (Å²) in [5.74, 6) is 3.43. The van der Waals surface area contributed by atoms with Crippen molar-refractivity contribution in [3.05, 3.63) is 0 Å². The highest BCUT2D eigenvalue weighted by atomic mass is 16.3. The molecule has 4 fully saturated rings. The summed E-state index contributed by atoms with van der Waals surface area (Å²) < 4.78 is 0. The molecule has 0 radical (unpaired) electrons. The van der Waals surface area contributed by atoms with E-state index in [9.17, 15) is 10.2 Å². The maximum Gasteiger partial charge on any atom is 0.0672 e. The lowest BCUT2D eigenvalue weighted by Gasteiger charge is -2.62. The Morgan fingerprint density at radius 1 is 0.913 bits per heavy atom. The first-order valence-corrected chi connectivity index (χ1v) is 10.1. The Labute approximate surface area is 142 Å². The zero-order valence-electron chi connectivity index (χ0n) is 15.4. The summed E-state index contributed by atoms with van der Waals surface area (Å²) in [7, 11) is 0. The minimum atomic E-state index is -0.664. The van der Waals surface area contributed by atoms with Crippen molar-refractivity contribution in [2.45, 2.75) is 84.2 Å². The van der Waals surface area contributed by atoms with Gasteiger partial charge >= 0.3 is 0 Å². The minimum absolute atomic E-state index is 0.0689. The molecule has 0 saturated heterocycles. The van der Waals surface area contributed by atoms with Crippen LogP contribution in [0.2, 0.25) is 0 Å². The number of hydrogen-bond donors (Lipinski definition) is 2. The van der Waals surface area contributed by atoms with Crippen LogP contribution >= 0.6 is 0 Å². The van der Waals surface area contributed by atoms with Crippen LogP contribution in [0.15, 0.2) is 0 Å².